The molecule has 0 aliphatic heterocycles. The van der Waals surface area contributed by atoms with Crippen LogP contribution in [-0.4, -0.2) is 40.1 Å². The molecule has 13 heteroatoms. The predicted molar refractivity (Wildman–Crippen MR) is 110 cm³/mol. The summed E-state index contributed by atoms with van der Waals surface area (Å²) in [5.41, 5.74) is 0.682. The fourth-order valence-corrected chi connectivity index (χ4v) is 5.12. The van der Waals surface area contributed by atoms with Crippen LogP contribution in [0.4, 0.5) is 22.0 Å². The largest absolute Gasteiger partial charge is 0.495 e. The van der Waals surface area contributed by atoms with Crippen LogP contribution in [0, 0.1) is 6.92 Å². The topological polar surface area (TPSA) is 68.5 Å². The minimum Gasteiger partial charge on any atom is -0.495 e. The molecule has 3 rings (SSSR count). The van der Waals surface area contributed by atoms with Crippen LogP contribution in [-0.2, 0) is 11.2 Å². The quantitative estimate of drug-likeness (QED) is 0.312. The summed E-state index contributed by atoms with van der Waals surface area (Å²) in [6.45, 7) is 1.50. The van der Waals surface area contributed by atoms with Crippen LogP contribution >= 0.6 is 34.7 Å². The minimum absolute atomic E-state index is 0.135. The molecule has 0 saturated carbocycles. The van der Waals surface area contributed by atoms with Crippen molar-refractivity contribution in [2.45, 2.75) is 29.0 Å². The summed E-state index contributed by atoms with van der Waals surface area (Å²) in [6, 6.07) is 3.81. The van der Waals surface area contributed by atoms with Gasteiger partial charge in [0, 0.05) is 16.5 Å². The van der Waals surface area contributed by atoms with Gasteiger partial charge in [0.2, 0.25) is 0 Å². The third kappa shape index (κ3) is 4.44. The molecule has 32 heavy (non-hydrogen) atoms. The number of halogens is 6. The lowest BCUT2D eigenvalue weighted by atomic mass is 10.1. The summed E-state index contributed by atoms with van der Waals surface area (Å²) in [5, 5.41) is 5.92. The van der Waals surface area contributed by atoms with E-state index in [1.807, 2.05) is 0 Å². The van der Waals surface area contributed by atoms with E-state index in [0.717, 1.165) is 16.0 Å². The molecule has 0 spiro atoms. The fourth-order valence-electron chi connectivity index (χ4n) is 3.07. The highest BCUT2D eigenvalue weighted by Crippen LogP contribution is 2.49. The van der Waals surface area contributed by atoms with Crippen molar-refractivity contribution in [2.75, 3.05) is 7.11 Å². The molecule has 5 nitrogen and oxygen atoms in total. The maximum Gasteiger partial charge on any atom is 0.464 e. The number of hydrogen-bond acceptors (Lipinski definition) is 5. The molecule has 1 aromatic carbocycles. The van der Waals surface area contributed by atoms with Crippen LogP contribution in [0.3, 0.4) is 0 Å². The van der Waals surface area contributed by atoms with E-state index in [0.29, 0.717) is 22.3 Å². The number of ether oxygens (including phenoxy) is 1. The van der Waals surface area contributed by atoms with Crippen LogP contribution in [0.25, 0.3) is 10.9 Å². The second kappa shape index (κ2) is 8.56. The first kappa shape index (κ1) is 24.3. The number of nitrogens with zero attached hydrogens (tertiary/aromatic N) is 1. The lowest BCUT2D eigenvalue weighted by Crippen LogP contribution is -2.32. The van der Waals surface area contributed by atoms with Crippen molar-refractivity contribution in [1.29, 1.82) is 0 Å². The lowest BCUT2D eigenvalue weighted by molar-refractivity contribution is -0.237. The Kier molecular flexibility index (Phi) is 6.51. The van der Waals surface area contributed by atoms with Gasteiger partial charge in [0.25, 0.3) is 5.91 Å². The number of aromatic nitrogens is 1. The SMILES string of the molecule is COc1cc2c(CC(=O)O)c(C)n(C(=O)c3csc(SC(F)(F)C(F)(F)F)c3)c2cc1Cl. The Morgan fingerprint density at radius 1 is 1.22 bits per heavy atom. The maximum absolute atomic E-state index is 13.3. The maximum atomic E-state index is 13.3. The van der Waals surface area contributed by atoms with E-state index in [-0.39, 0.29) is 27.5 Å². The first-order valence-electron chi connectivity index (χ1n) is 8.62. The average Bonchev–Trinajstić information content (AvgIpc) is 3.22. The van der Waals surface area contributed by atoms with E-state index in [4.69, 9.17) is 16.3 Å². The second-order valence-corrected chi connectivity index (χ2v) is 9.28. The number of carboxylic acid groups (broad SMARTS) is 1. The Morgan fingerprint density at radius 2 is 1.88 bits per heavy atom. The molecular weight excluding hydrogens is 501 g/mol. The van der Waals surface area contributed by atoms with Crippen LogP contribution in [0.15, 0.2) is 27.8 Å². The molecule has 0 atom stereocenters. The number of aliphatic carboxylic acids is 1. The summed E-state index contributed by atoms with van der Waals surface area (Å²) in [4.78, 5) is 24.5. The number of carbonyl (C=O) groups excluding carboxylic acids is 1. The molecule has 0 radical (unpaired) electrons. The molecule has 2 aromatic heterocycles. The van der Waals surface area contributed by atoms with E-state index in [1.165, 1.54) is 26.2 Å². The highest BCUT2D eigenvalue weighted by Gasteiger charge is 2.58. The molecule has 0 amide bonds. The fraction of sp³-hybridized carbons (Fsp3) is 0.263. The van der Waals surface area contributed by atoms with E-state index in [2.05, 4.69) is 0 Å². The van der Waals surface area contributed by atoms with Gasteiger partial charge in [-0.3, -0.25) is 14.2 Å². The number of carbonyl (C=O) groups is 2. The van der Waals surface area contributed by atoms with Gasteiger partial charge in [-0.1, -0.05) is 11.6 Å². The zero-order valence-corrected chi connectivity index (χ0v) is 18.6. The number of thioether (sulfide) groups is 1. The monoisotopic (exact) mass is 513 g/mol. The summed E-state index contributed by atoms with van der Waals surface area (Å²) in [5.74, 6) is -1.64. The highest BCUT2D eigenvalue weighted by molar-refractivity contribution is 8.02. The molecule has 172 valence electrons. The Morgan fingerprint density at radius 3 is 2.44 bits per heavy atom. The van der Waals surface area contributed by atoms with Gasteiger partial charge >= 0.3 is 17.4 Å². The number of benzene rings is 1. The van der Waals surface area contributed by atoms with E-state index in [1.54, 1.807) is 0 Å². The molecule has 0 aliphatic carbocycles. The van der Waals surface area contributed by atoms with Crippen molar-refractivity contribution in [3.8, 4) is 5.75 Å². The van der Waals surface area contributed by atoms with Crippen LogP contribution in [0.5, 0.6) is 5.75 Å². The van der Waals surface area contributed by atoms with Gasteiger partial charge in [-0.2, -0.15) is 22.0 Å². The summed E-state index contributed by atoms with van der Waals surface area (Å²) in [7, 11) is 1.36. The highest BCUT2D eigenvalue weighted by atomic mass is 35.5. The van der Waals surface area contributed by atoms with E-state index in [9.17, 15) is 36.6 Å². The number of alkyl halides is 5. The molecule has 2 heterocycles. The first-order chi connectivity index (χ1) is 14.8. The molecule has 0 bridgehead atoms. The van der Waals surface area contributed by atoms with Gasteiger partial charge in [0.15, 0.2) is 0 Å². The zero-order valence-electron chi connectivity index (χ0n) is 16.2. The molecule has 0 saturated heterocycles. The second-order valence-electron chi connectivity index (χ2n) is 6.55. The molecule has 3 aromatic rings. The van der Waals surface area contributed by atoms with Gasteiger partial charge in [0.1, 0.15) is 5.75 Å². The molecule has 1 N–H and O–H groups in total. The van der Waals surface area contributed by atoms with Crippen molar-refractivity contribution in [3.05, 3.63) is 45.4 Å². The number of methoxy groups -OCH3 is 1. The zero-order chi connectivity index (χ0) is 24.0. The number of rotatable bonds is 6. The van der Waals surface area contributed by atoms with Gasteiger partial charge in [-0.25, -0.2) is 0 Å². The standard InChI is InChI=1S/C19H13ClF5NO4S2/c1-8-10(5-15(27)28)11-4-14(30-2)12(20)6-13(11)26(8)17(29)9-3-16(31-7-9)32-19(24,25)18(21,22)23/h3-4,6-7H,5H2,1-2H3,(H,27,28). The predicted octanol–water partition coefficient (Wildman–Crippen LogP) is 6.24. The Bertz CT molecular complexity index is 1220. The van der Waals surface area contributed by atoms with Crippen LogP contribution < -0.4 is 4.74 Å². The molecule has 0 aliphatic rings. The smallest absolute Gasteiger partial charge is 0.464 e. The normalized spacial score (nSPS) is 12.4. The summed E-state index contributed by atoms with van der Waals surface area (Å²) in [6.07, 6.45) is -6.17. The van der Waals surface area contributed by atoms with Gasteiger partial charge in [-0.15, -0.1) is 11.3 Å². The third-order valence-electron chi connectivity index (χ3n) is 4.52. The molecular formula is C19H13ClF5NO4S2. The van der Waals surface area contributed by atoms with Crippen LogP contribution in [0.1, 0.15) is 21.6 Å². The van der Waals surface area contributed by atoms with Crippen molar-refractivity contribution < 1.29 is 41.4 Å². The number of hydrogen-bond donors (Lipinski definition) is 1. The van der Waals surface area contributed by atoms with Gasteiger partial charge < -0.3 is 9.84 Å². The van der Waals surface area contributed by atoms with Crippen molar-refractivity contribution in [2.24, 2.45) is 0 Å². The van der Waals surface area contributed by atoms with Crippen molar-refractivity contribution >= 4 is 57.5 Å². The number of carboxylic acids is 1. The Balaban J connectivity index is 2.09. The number of thiophene rings is 1. The Hall–Kier alpha value is -2.31. The minimum atomic E-state index is -5.75. The molecule has 0 unspecified atom stereocenters. The van der Waals surface area contributed by atoms with Gasteiger partial charge in [-0.05, 0) is 42.4 Å². The summed E-state index contributed by atoms with van der Waals surface area (Å²) < 4.78 is 70.0. The van der Waals surface area contributed by atoms with E-state index >= 15 is 0 Å². The van der Waals surface area contributed by atoms with E-state index < -0.39 is 45.7 Å². The summed E-state index contributed by atoms with van der Waals surface area (Å²) >= 11 is 6.02. The lowest BCUT2D eigenvalue weighted by Gasteiger charge is -2.17. The van der Waals surface area contributed by atoms with Crippen LogP contribution in [0.2, 0.25) is 5.02 Å². The number of fused-ring (bicyclic) bond motifs is 1. The van der Waals surface area contributed by atoms with Gasteiger partial charge in [0.05, 0.1) is 33.8 Å². The van der Waals surface area contributed by atoms with Crippen molar-refractivity contribution in [1.82, 2.24) is 4.57 Å². The average molecular weight is 514 g/mol. The van der Waals surface area contributed by atoms with Crippen molar-refractivity contribution in [3.63, 3.8) is 0 Å². The first-order valence-corrected chi connectivity index (χ1v) is 10.7. The third-order valence-corrected chi connectivity index (χ3v) is 6.88. The molecule has 0 fully saturated rings. The Labute approximate surface area is 190 Å².